The van der Waals surface area contributed by atoms with Crippen molar-refractivity contribution in [3.63, 3.8) is 0 Å². The van der Waals surface area contributed by atoms with Gasteiger partial charge >= 0.3 is 5.69 Å². The number of halogens is 1. The molecule has 0 fully saturated rings. The van der Waals surface area contributed by atoms with E-state index in [4.69, 9.17) is 0 Å². The second-order valence-corrected chi connectivity index (χ2v) is 3.80. The van der Waals surface area contributed by atoms with Crippen molar-refractivity contribution in [2.75, 3.05) is 0 Å². The van der Waals surface area contributed by atoms with Gasteiger partial charge in [0.05, 0.1) is 11.0 Å². The average Bonchev–Trinajstić information content (AvgIpc) is 2.58. The van der Waals surface area contributed by atoms with Gasteiger partial charge in [0.2, 0.25) is 5.78 Å². The number of aromatic nitrogens is 2. The summed E-state index contributed by atoms with van der Waals surface area (Å²) in [6.07, 6.45) is 0.234. The molecule has 0 saturated carbocycles. The highest BCUT2D eigenvalue weighted by Crippen LogP contribution is 2.21. The van der Waals surface area contributed by atoms with Gasteiger partial charge in [0.25, 0.3) is 0 Å². The Balaban J connectivity index is 2.77. The third-order valence-electron chi connectivity index (χ3n) is 1.97. The van der Waals surface area contributed by atoms with Gasteiger partial charge < -0.3 is 9.97 Å². The highest BCUT2D eigenvalue weighted by atomic mass is 79.9. The Kier molecular flexibility index (Phi) is 2.28. The van der Waals surface area contributed by atoms with Crippen molar-refractivity contribution in [1.29, 1.82) is 0 Å². The molecule has 0 radical (unpaired) electrons. The van der Waals surface area contributed by atoms with E-state index in [1.165, 1.54) is 12.1 Å². The molecule has 1 heterocycles. The zero-order valence-corrected chi connectivity index (χ0v) is 8.92. The molecule has 0 unspecified atom stereocenters. The van der Waals surface area contributed by atoms with Crippen LogP contribution in [0, 0.1) is 0 Å². The van der Waals surface area contributed by atoms with Crippen LogP contribution in [0.15, 0.2) is 21.4 Å². The topological polar surface area (TPSA) is 82.8 Å². The zero-order valence-electron chi connectivity index (χ0n) is 7.33. The van der Waals surface area contributed by atoms with E-state index in [9.17, 15) is 14.4 Å². The number of H-pyrrole nitrogens is 2. The van der Waals surface area contributed by atoms with Crippen LogP contribution in [-0.4, -0.2) is 22.0 Å². The predicted octanol–water partition coefficient (Wildman–Crippen LogP) is 1.00. The van der Waals surface area contributed by atoms with Crippen molar-refractivity contribution in [3.05, 3.63) is 32.7 Å². The van der Waals surface area contributed by atoms with E-state index in [1.54, 1.807) is 0 Å². The van der Waals surface area contributed by atoms with Crippen LogP contribution >= 0.6 is 15.9 Å². The number of hydrogen-bond acceptors (Lipinski definition) is 3. The lowest BCUT2D eigenvalue weighted by Crippen LogP contribution is -2.00. The maximum absolute atomic E-state index is 11.1. The number of Topliss-reactive ketones (excluding diaryl/α,β-unsaturated/α-hetero) is 1. The lowest BCUT2D eigenvalue weighted by molar-refractivity contribution is -0.104. The Bertz CT molecular complexity index is 611. The maximum Gasteiger partial charge on any atom is 0.323 e. The molecule has 0 amide bonds. The third kappa shape index (κ3) is 1.63. The third-order valence-corrected chi connectivity index (χ3v) is 2.59. The van der Waals surface area contributed by atoms with Crippen LogP contribution in [0.3, 0.4) is 0 Å². The fourth-order valence-corrected chi connectivity index (χ4v) is 1.87. The number of hydrogen-bond donors (Lipinski definition) is 2. The highest BCUT2D eigenvalue weighted by Gasteiger charge is 2.09. The van der Waals surface area contributed by atoms with Crippen LogP contribution in [0.4, 0.5) is 0 Å². The van der Waals surface area contributed by atoms with Crippen molar-refractivity contribution >= 4 is 39.0 Å². The highest BCUT2D eigenvalue weighted by molar-refractivity contribution is 9.10. The lowest BCUT2D eigenvalue weighted by Gasteiger charge is -1.97. The van der Waals surface area contributed by atoms with Crippen LogP contribution in [0.2, 0.25) is 0 Å². The lowest BCUT2D eigenvalue weighted by atomic mass is 10.1. The summed E-state index contributed by atoms with van der Waals surface area (Å²) in [5, 5.41) is 0. The summed E-state index contributed by atoms with van der Waals surface area (Å²) in [5.74, 6) is -0.625. The van der Waals surface area contributed by atoms with Crippen LogP contribution in [-0.2, 0) is 4.79 Å². The van der Waals surface area contributed by atoms with Crippen LogP contribution in [0.1, 0.15) is 10.4 Å². The first kappa shape index (κ1) is 9.85. The van der Waals surface area contributed by atoms with Gasteiger partial charge in [-0.25, -0.2) is 4.79 Å². The number of fused-ring (bicyclic) bond motifs is 1. The van der Waals surface area contributed by atoms with Gasteiger partial charge in [0, 0.05) is 10.0 Å². The molecule has 0 aliphatic heterocycles. The first-order valence-corrected chi connectivity index (χ1v) is 4.82. The van der Waals surface area contributed by atoms with Crippen LogP contribution in [0.5, 0.6) is 0 Å². The Morgan fingerprint density at radius 2 is 2.07 bits per heavy atom. The minimum atomic E-state index is -0.625. The Hall–Kier alpha value is -1.69. The molecule has 2 N–H and O–H groups in total. The molecule has 0 bridgehead atoms. The van der Waals surface area contributed by atoms with E-state index in [0.29, 0.717) is 15.5 Å². The minimum Gasteiger partial charge on any atom is -0.306 e. The second-order valence-electron chi connectivity index (χ2n) is 2.94. The smallest absolute Gasteiger partial charge is 0.306 e. The number of nitrogens with one attached hydrogen (secondary N) is 2. The quantitative estimate of drug-likeness (QED) is 0.484. The van der Waals surface area contributed by atoms with E-state index in [0.717, 1.165) is 0 Å². The van der Waals surface area contributed by atoms with E-state index < -0.39 is 5.78 Å². The summed E-state index contributed by atoms with van der Waals surface area (Å²) in [6.45, 7) is 0. The molecule has 6 heteroatoms. The number of aldehydes is 1. The number of aromatic amines is 2. The summed E-state index contributed by atoms with van der Waals surface area (Å²) in [4.78, 5) is 37.5. The molecule has 5 nitrogen and oxygen atoms in total. The SMILES string of the molecule is O=CC(=O)c1cc(Br)c2[nH]c(=O)[nH]c2c1. The number of rotatable bonds is 2. The molecule has 15 heavy (non-hydrogen) atoms. The van der Waals surface area contributed by atoms with E-state index in [1.807, 2.05) is 0 Å². The van der Waals surface area contributed by atoms with Gasteiger partial charge in [0.15, 0.2) is 6.29 Å². The first-order chi connectivity index (χ1) is 7.11. The largest absolute Gasteiger partial charge is 0.323 e. The molecule has 2 rings (SSSR count). The molecule has 76 valence electrons. The van der Waals surface area contributed by atoms with Gasteiger partial charge in [-0.15, -0.1) is 0 Å². The summed E-state index contributed by atoms with van der Waals surface area (Å²) in [5.41, 5.74) is 0.933. The Morgan fingerprint density at radius 3 is 2.73 bits per heavy atom. The summed E-state index contributed by atoms with van der Waals surface area (Å²) in [6, 6.07) is 2.94. The normalized spacial score (nSPS) is 10.5. The average molecular weight is 269 g/mol. The fraction of sp³-hybridized carbons (Fsp3) is 0. The molecule has 2 aromatic rings. The molecule has 0 saturated heterocycles. The van der Waals surface area contributed by atoms with Gasteiger partial charge in [-0.2, -0.15) is 0 Å². The molecular formula is C9H5BrN2O3. The monoisotopic (exact) mass is 268 g/mol. The Morgan fingerprint density at radius 1 is 1.33 bits per heavy atom. The number of benzene rings is 1. The van der Waals surface area contributed by atoms with E-state index in [2.05, 4.69) is 25.9 Å². The summed E-state index contributed by atoms with van der Waals surface area (Å²) < 4.78 is 0.559. The van der Waals surface area contributed by atoms with Crippen molar-refractivity contribution in [2.24, 2.45) is 0 Å². The molecule has 0 atom stereocenters. The second kappa shape index (κ2) is 3.47. The molecule has 0 aliphatic rings. The molecule has 0 aliphatic carbocycles. The van der Waals surface area contributed by atoms with Crippen molar-refractivity contribution < 1.29 is 9.59 Å². The molecule has 1 aromatic carbocycles. The van der Waals surface area contributed by atoms with Crippen molar-refractivity contribution in [1.82, 2.24) is 9.97 Å². The fourth-order valence-electron chi connectivity index (χ4n) is 1.31. The number of ketones is 1. The molecular weight excluding hydrogens is 264 g/mol. The van der Waals surface area contributed by atoms with Crippen LogP contribution < -0.4 is 5.69 Å². The maximum atomic E-state index is 11.1. The van der Waals surface area contributed by atoms with E-state index >= 15 is 0 Å². The summed E-state index contributed by atoms with van der Waals surface area (Å²) >= 11 is 3.20. The molecule has 0 spiro atoms. The predicted molar refractivity (Wildman–Crippen MR) is 57.0 cm³/mol. The zero-order chi connectivity index (χ0) is 11.0. The minimum absolute atomic E-state index is 0.234. The number of imidazole rings is 1. The standard InChI is InChI=1S/C9H5BrN2O3/c10-5-1-4(7(14)3-13)2-6-8(5)12-9(15)11-6/h1-3H,(H2,11,12,15). The van der Waals surface area contributed by atoms with Gasteiger partial charge in [0.1, 0.15) is 0 Å². The van der Waals surface area contributed by atoms with E-state index in [-0.39, 0.29) is 17.5 Å². The van der Waals surface area contributed by atoms with Crippen molar-refractivity contribution in [2.45, 2.75) is 0 Å². The number of carbonyl (C=O) groups is 2. The van der Waals surface area contributed by atoms with Gasteiger partial charge in [-0.3, -0.25) is 9.59 Å². The molecule has 1 aromatic heterocycles. The van der Waals surface area contributed by atoms with Gasteiger partial charge in [-0.05, 0) is 28.1 Å². The van der Waals surface area contributed by atoms with Crippen molar-refractivity contribution in [3.8, 4) is 0 Å². The van der Waals surface area contributed by atoms with Crippen LogP contribution in [0.25, 0.3) is 11.0 Å². The summed E-state index contributed by atoms with van der Waals surface area (Å²) in [7, 11) is 0. The first-order valence-electron chi connectivity index (χ1n) is 4.03. The Labute approximate surface area is 91.6 Å². The van der Waals surface area contributed by atoms with Gasteiger partial charge in [-0.1, -0.05) is 0 Å². The number of carbonyl (C=O) groups excluding carboxylic acids is 2.